The Labute approximate surface area is 154 Å². The van der Waals surface area contributed by atoms with E-state index in [1.165, 1.54) is 18.4 Å². The van der Waals surface area contributed by atoms with Crippen LogP contribution in [0.15, 0.2) is 53.5 Å². The van der Waals surface area contributed by atoms with Gasteiger partial charge >= 0.3 is 0 Å². The number of guanidine groups is 1. The summed E-state index contributed by atoms with van der Waals surface area (Å²) in [6.45, 7) is 2.06. The van der Waals surface area contributed by atoms with Crippen LogP contribution in [0.4, 0.5) is 5.69 Å². The zero-order valence-corrected chi connectivity index (χ0v) is 14.9. The molecule has 26 heavy (non-hydrogen) atoms. The molecule has 4 rings (SSSR count). The van der Waals surface area contributed by atoms with Crippen molar-refractivity contribution in [3.05, 3.63) is 54.1 Å². The van der Waals surface area contributed by atoms with Crippen molar-refractivity contribution in [2.45, 2.75) is 25.2 Å². The highest BCUT2D eigenvalue weighted by atomic mass is 16.5. The lowest BCUT2D eigenvalue weighted by Crippen LogP contribution is -2.24. The number of nitrogens with one attached hydrogen (secondary N) is 1. The van der Waals surface area contributed by atoms with Crippen LogP contribution >= 0.6 is 0 Å². The number of hydrogen-bond acceptors (Lipinski definition) is 3. The predicted molar refractivity (Wildman–Crippen MR) is 104 cm³/mol. The standard InChI is InChI=1S/C21H25N3O2/c22-21(23-14-18(16-7-8-16)15-5-2-1-3-6-15)24-17-9-10-19-20(13-17)26-12-4-11-25-19/h1-3,5-6,9-10,13,16,18H,4,7-8,11-12,14H2,(H3,22,23,24). The largest absolute Gasteiger partial charge is 0.490 e. The van der Waals surface area contributed by atoms with E-state index in [-0.39, 0.29) is 0 Å². The Kier molecular flexibility index (Phi) is 4.95. The van der Waals surface area contributed by atoms with Gasteiger partial charge in [0.05, 0.1) is 13.2 Å². The highest BCUT2D eigenvalue weighted by Gasteiger charge is 2.31. The molecular weight excluding hydrogens is 326 g/mol. The molecule has 1 fully saturated rings. The SMILES string of the molecule is NC(=NCC(c1ccccc1)C1CC1)Nc1ccc2c(c1)OCCCO2. The predicted octanol–water partition coefficient (Wildman–Crippen LogP) is 3.77. The molecule has 5 heteroatoms. The van der Waals surface area contributed by atoms with Crippen molar-refractivity contribution in [2.75, 3.05) is 25.1 Å². The highest BCUT2D eigenvalue weighted by molar-refractivity contribution is 5.92. The molecule has 0 radical (unpaired) electrons. The van der Waals surface area contributed by atoms with Crippen LogP contribution in [0.5, 0.6) is 11.5 Å². The Morgan fingerprint density at radius 1 is 1.08 bits per heavy atom. The van der Waals surface area contributed by atoms with Gasteiger partial charge in [0, 0.05) is 30.6 Å². The van der Waals surface area contributed by atoms with Crippen LogP contribution in [0.25, 0.3) is 0 Å². The van der Waals surface area contributed by atoms with E-state index in [9.17, 15) is 0 Å². The van der Waals surface area contributed by atoms with Crippen LogP contribution in [0, 0.1) is 5.92 Å². The maximum absolute atomic E-state index is 6.13. The molecule has 1 aliphatic carbocycles. The summed E-state index contributed by atoms with van der Waals surface area (Å²) in [7, 11) is 0. The number of nitrogens with two attached hydrogens (primary N) is 1. The lowest BCUT2D eigenvalue weighted by atomic mass is 9.94. The van der Waals surface area contributed by atoms with Gasteiger partial charge in [-0.3, -0.25) is 4.99 Å². The van der Waals surface area contributed by atoms with Crippen LogP contribution in [0.1, 0.15) is 30.7 Å². The monoisotopic (exact) mass is 351 g/mol. The van der Waals surface area contributed by atoms with Crippen molar-refractivity contribution in [3.63, 3.8) is 0 Å². The molecule has 5 nitrogen and oxygen atoms in total. The van der Waals surface area contributed by atoms with Gasteiger partial charge in [-0.05, 0) is 36.5 Å². The number of nitrogens with zero attached hydrogens (tertiary/aromatic N) is 1. The molecule has 2 aromatic carbocycles. The van der Waals surface area contributed by atoms with Crippen LogP contribution in [0.2, 0.25) is 0 Å². The molecule has 1 heterocycles. The topological polar surface area (TPSA) is 68.9 Å². The van der Waals surface area contributed by atoms with Gasteiger partial charge in [0.25, 0.3) is 0 Å². The zero-order chi connectivity index (χ0) is 17.8. The summed E-state index contributed by atoms with van der Waals surface area (Å²) >= 11 is 0. The minimum absolute atomic E-state index is 0.432. The Hall–Kier alpha value is -2.69. The van der Waals surface area contributed by atoms with Gasteiger partial charge in [-0.15, -0.1) is 0 Å². The third kappa shape index (κ3) is 4.10. The highest BCUT2D eigenvalue weighted by Crippen LogP contribution is 2.42. The van der Waals surface area contributed by atoms with E-state index in [1.807, 2.05) is 18.2 Å². The van der Waals surface area contributed by atoms with Crippen molar-refractivity contribution in [1.82, 2.24) is 0 Å². The maximum Gasteiger partial charge on any atom is 0.193 e. The number of aliphatic imine (C=N–C) groups is 1. The van der Waals surface area contributed by atoms with E-state index in [1.54, 1.807) is 0 Å². The smallest absolute Gasteiger partial charge is 0.193 e. The van der Waals surface area contributed by atoms with Crippen molar-refractivity contribution in [3.8, 4) is 11.5 Å². The summed E-state index contributed by atoms with van der Waals surface area (Å²) < 4.78 is 11.4. The third-order valence-corrected chi connectivity index (χ3v) is 4.90. The number of fused-ring (bicyclic) bond motifs is 1. The van der Waals surface area contributed by atoms with E-state index in [2.05, 4.69) is 40.6 Å². The number of hydrogen-bond donors (Lipinski definition) is 2. The molecule has 0 amide bonds. The van der Waals surface area contributed by atoms with Crippen LogP contribution in [0.3, 0.4) is 0 Å². The number of anilines is 1. The molecule has 0 aromatic heterocycles. The van der Waals surface area contributed by atoms with Crippen molar-refractivity contribution < 1.29 is 9.47 Å². The average Bonchev–Trinajstić information content (AvgIpc) is 3.50. The summed E-state index contributed by atoms with van der Waals surface area (Å²) in [6.07, 6.45) is 3.46. The molecular formula is C21H25N3O2. The van der Waals surface area contributed by atoms with Gasteiger partial charge in [0.1, 0.15) is 0 Å². The molecule has 1 aliphatic heterocycles. The van der Waals surface area contributed by atoms with Crippen LogP contribution in [-0.2, 0) is 0 Å². The first kappa shape index (κ1) is 16.8. The molecule has 3 N–H and O–H groups in total. The van der Waals surface area contributed by atoms with Gasteiger partial charge < -0.3 is 20.5 Å². The van der Waals surface area contributed by atoms with E-state index < -0.39 is 0 Å². The Morgan fingerprint density at radius 3 is 2.62 bits per heavy atom. The quantitative estimate of drug-likeness (QED) is 0.635. The second kappa shape index (κ2) is 7.68. The average molecular weight is 351 g/mol. The van der Waals surface area contributed by atoms with Crippen LogP contribution < -0.4 is 20.5 Å². The van der Waals surface area contributed by atoms with E-state index in [4.69, 9.17) is 15.2 Å². The van der Waals surface area contributed by atoms with Crippen molar-refractivity contribution >= 4 is 11.6 Å². The third-order valence-electron chi connectivity index (χ3n) is 4.90. The lowest BCUT2D eigenvalue weighted by molar-refractivity contribution is 0.297. The fourth-order valence-electron chi connectivity index (χ4n) is 3.35. The first-order valence-corrected chi connectivity index (χ1v) is 9.31. The molecule has 136 valence electrons. The van der Waals surface area contributed by atoms with E-state index in [0.29, 0.717) is 31.6 Å². The maximum atomic E-state index is 6.13. The fraction of sp³-hybridized carbons (Fsp3) is 0.381. The number of benzene rings is 2. The second-order valence-corrected chi connectivity index (χ2v) is 6.92. The first-order chi connectivity index (χ1) is 12.8. The first-order valence-electron chi connectivity index (χ1n) is 9.31. The molecule has 2 aromatic rings. The molecule has 1 unspecified atom stereocenters. The minimum Gasteiger partial charge on any atom is -0.490 e. The summed E-state index contributed by atoms with van der Waals surface area (Å²) in [5, 5.41) is 3.17. The summed E-state index contributed by atoms with van der Waals surface area (Å²) in [5.41, 5.74) is 8.34. The normalized spacial score (nSPS) is 18.1. The Balaban J connectivity index is 1.42. The molecule has 1 saturated carbocycles. The van der Waals surface area contributed by atoms with E-state index >= 15 is 0 Å². The van der Waals surface area contributed by atoms with Crippen LogP contribution in [-0.4, -0.2) is 25.7 Å². The van der Waals surface area contributed by atoms with Gasteiger partial charge in [-0.1, -0.05) is 30.3 Å². The molecule has 2 aliphatic rings. The lowest BCUT2D eigenvalue weighted by Gasteiger charge is -2.15. The summed E-state index contributed by atoms with van der Waals surface area (Å²) in [6, 6.07) is 16.4. The molecule has 0 spiro atoms. The molecule has 0 bridgehead atoms. The van der Waals surface area contributed by atoms with Gasteiger partial charge in [-0.25, -0.2) is 0 Å². The fourth-order valence-corrected chi connectivity index (χ4v) is 3.35. The Bertz CT molecular complexity index is 772. The van der Waals surface area contributed by atoms with E-state index in [0.717, 1.165) is 29.5 Å². The van der Waals surface area contributed by atoms with Gasteiger partial charge in [-0.2, -0.15) is 0 Å². The summed E-state index contributed by atoms with van der Waals surface area (Å²) in [4.78, 5) is 4.60. The van der Waals surface area contributed by atoms with Gasteiger partial charge in [0.15, 0.2) is 17.5 Å². The molecule has 1 atom stereocenters. The zero-order valence-electron chi connectivity index (χ0n) is 14.9. The number of rotatable bonds is 5. The minimum atomic E-state index is 0.432. The summed E-state index contributed by atoms with van der Waals surface area (Å²) in [5.74, 6) is 3.13. The van der Waals surface area contributed by atoms with Crippen molar-refractivity contribution in [2.24, 2.45) is 16.6 Å². The Morgan fingerprint density at radius 2 is 1.85 bits per heavy atom. The molecule has 0 saturated heterocycles. The second-order valence-electron chi connectivity index (χ2n) is 6.92. The number of ether oxygens (including phenoxy) is 2. The van der Waals surface area contributed by atoms with Crippen molar-refractivity contribution in [1.29, 1.82) is 0 Å². The van der Waals surface area contributed by atoms with Gasteiger partial charge in [0.2, 0.25) is 0 Å².